The second-order valence-corrected chi connectivity index (χ2v) is 7.33. The molecule has 0 fully saturated rings. The number of rotatable bonds is 4. The van der Waals surface area contributed by atoms with E-state index in [1.807, 2.05) is 0 Å². The zero-order valence-corrected chi connectivity index (χ0v) is 23.8. The smallest absolute Gasteiger partial charge is 0.744 e. The van der Waals surface area contributed by atoms with Crippen molar-refractivity contribution in [1.82, 2.24) is 0 Å². The van der Waals surface area contributed by atoms with Crippen LogP contribution in [0.3, 0.4) is 0 Å². The summed E-state index contributed by atoms with van der Waals surface area (Å²) in [5.74, 6) is -0.515. The molecular formula is C14H16K2O11S2. The van der Waals surface area contributed by atoms with Gasteiger partial charge in [0.2, 0.25) is 0 Å². The standard InChI is InChI=1S/2C7H8O5S.2K.H2O/c2*1-12-7-3-2-5(4-6(7)8)13(9,10)11;;;/h2*2-4,8H,1H3,(H,9,10,11);;;1H2/q;;2*+1;/p-2. The summed E-state index contributed by atoms with van der Waals surface area (Å²) < 4.78 is 72.2. The number of hydrogen-bond acceptors (Lipinski definition) is 10. The second kappa shape index (κ2) is 14.7. The largest absolute Gasteiger partial charge is 1.00 e. The molecule has 0 aliphatic carbocycles. The van der Waals surface area contributed by atoms with Gasteiger partial charge in [0.1, 0.15) is 20.2 Å². The molecule has 0 unspecified atom stereocenters. The Bertz CT molecular complexity index is 911. The fraction of sp³-hybridized carbons (Fsp3) is 0.143. The summed E-state index contributed by atoms with van der Waals surface area (Å²) in [6.45, 7) is 0. The fourth-order valence-corrected chi connectivity index (χ4v) is 2.63. The van der Waals surface area contributed by atoms with E-state index in [1.54, 1.807) is 0 Å². The first-order chi connectivity index (χ1) is 11.9. The molecule has 152 valence electrons. The number of ether oxygens (including phenoxy) is 2. The van der Waals surface area contributed by atoms with Gasteiger partial charge in [-0.3, -0.25) is 0 Å². The third-order valence-corrected chi connectivity index (χ3v) is 4.54. The summed E-state index contributed by atoms with van der Waals surface area (Å²) in [6.07, 6.45) is 0. The van der Waals surface area contributed by atoms with Crippen molar-refractivity contribution < 1.29 is 154 Å². The minimum absolute atomic E-state index is 0. The molecule has 0 aliphatic heterocycles. The summed E-state index contributed by atoms with van der Waals surface area (Å²) in [5.41, 5.74) is 0. The van der Waals surface area contributed by atoms with Crippen LogP contribution < -0.4 is 112 Å². The van der Waals surface area contributed by atoms with Crippen LogP contribution in [0.25, 0.3) is 0 Å². The zero-order valence-electron chi connectivity index (χ0n) is 15.9. The fourth-order valence-electron chi connectivity index (χ4n) is 1.65. The normalized spacial score (nSPS) is 10.1. The number of benzene rings is 2. The van der Waals surface area contributed by atoms with Gasteiger partial charge in [-0.15, -0.1) is 0 Å². The van der Waals surface area contributed by atoms with Crippen LogP contribution in [0.5, 0.6) is 23.0 Å². The molecule has 11 nitrogen and oxygen atoms in total. The van der Waals surface area contributed by atoms with Gasteiger partial charge in [0.05, 0.1) is 24.0 Å². The van der Waals surface area contributed by atoms with Gasteiger partial charge in [0, 0.05) is 12.1 Å². The molecule has 0 radical (unpaired) electrons. The summed E-state index contributed by atoms with van der Waals surface area (Å²) in [7, 11) is -6.39. The molecule has 0 bridgehead atoms. The molecular weight excluding hydrogens is 486 g/mol. The molecule has 29 heavy (non-hydrogen) atoms. The molecule has 0 heterocycles. The average molecular weight is 503 g/mol. The van der Waals surface area contributed by atoms with E-state index in [1.165, 1.54) is 26.4 Å². The Kier molecular flexibility index (Phi) is 17.4. The van der Waals surface area contributed by atoms with E-state index in [0.717, 1.165) is 24.3 Å². The van der Waals surface area contributed by atoms with Gasteiger partial charge < -0.3 is 34.3 Å². The Labute approximate surface area is 253 Å². The van der Waals surface area contributed by atoms with Crippen molar-refractivity contribution in [2.24, 2.45) is 0 Å². The van der Waals surface area contributed by atoms with E-state index in [0.29, 0.717) is 0 Å². The van der Waals surface area contributed by atoms with Crippen LogP contribution >= 0.6 is 0 Å². The summed E-state index contributed by atoms with van der Waals surface area (Å²) in [6, 6.07) is 6.25. The Balaban J connectivity index is -0.000000422. The number of methoxy groups -OCH3 is 2. The molecule has 2 aromatic rings. The molecule has 0 aliphatic rings. The van der Waals surface area contributed by atoms with E-state index < -0.39 is 30.0 Å². The molecule has 0 atom stereocenters. The Morgan fingerprint density at radius 3 is 1.17 bits per heavy atom. The van der Waals surface area contributed by atoms with E-state index in [9.17, 15) is 25.9 Å². The molecule has 0 aromatic heterocycles. The van der Waals surface area contributed by atoms with Gasteiger partial charge in [-0.05, 0) is 24.3 Å². The van der Waals surface area contributed by atoms with Gasteiger partial charge in [0.15, 0.2) is 23.0 Å². The molecule has 0 saturated carbocycles. The van der Waals surface area contributed by atoms with Gasteiger partial charge in [-0.2, -0.15) is 0 Å². The van der Waals surface area contributed by atoms with Gasteiger partial charge >= 0.3 is 103 Å². The average Bonchev–Trinajstić information content (AvgIpc) is 2.53. The maximum atomic E-state index is 10.5. The Morgan fingerprint density at radius 1 is 0.724 bits per heavy atom. The van der Waals surface area contributed by atoms with Crippen LogP contribution in [-0.4, -0.2) is 55.8 Å². The first-order valence-corrected chi connectivity index (χ1v) is 9.37. The van der Waals surface area contributed by atoms with Crippen molar-refractivity contribution >= 4 is 20.2 Å². The number of phenolic OH excluding ortho intramolecular Hbond substituents is 2. The van der Waals surface area contributed by atoms with Crippen LogP contribution in [0.15, 0.2) is 46.2 Å². The van der Waals surface area contributed by atoms with Crippen LogP contribution in [0.4, 0.5) is 0 Å². The first-order valence-electron chi connectivity index (χ1n) is 6.56. The third kappa shape index (κ3) is 11.2. The van der Waals surface area contributed by atoms with Crippen molar-refractivity contribution in [2.75, 3.05) is 14.2 Å². The third-order valence-electron chi connectivity index (χ3n) is 2.88. The summed E-state index contributed by atoms with van der Waals surface area (Å²) >= 11 is 0. The molecule has 2 aromatic carbocycles. The molecule has 0 amide bonds. The van der Waals surface area contributed by atoms with Crippen molar-refractivity contribution in [3.05, 3.63) is 36.4 Å². The summed E-state index contributed by atoms with van der Waals surface area (Å²) in [5, 5.41) is 18.3. The van der Waals surface area contributed by atoms with E-state index in [-0.39, 0.29) is 131 Å². The second-order valence-electron chi connectivity index (χ2n) is 4.58. The maximum Gasteiger partial charge on any atom is 1.00 e. The SMILES string of the molecule is COc1ccc(S(=O)(=O)[O-])cc1O.COc1ccc(S(=O)(=O)[O-])cc1O.O.[K+].[K+]. The van der Waals surface area contributed by atoms with Crippen LogP contribution in [0.2, 0.25) is 0 Å². The molecule has 15 heteroatoms. The molecule has 2 rings (SSSR count). The Hall–Kier alpha value is 0.693. The van der Waals surface area contributed by atoms with Crippen LogP contribution in [0.1, 0.15) is 0 Å². The maximum absolute atomic E-state index is 10.5. The summed E-state index contributed by atoms with van der Waals surface area (Å²) in [4.78, 5) is -0.961. The zero-order chi connectivity index (χ0) is 20.1. The predicted octanol–water partition coefficient (Wildman–Crippen LogP) is -6.21. The first kappa shape index (κ1) is 34.3. The van der Waals surface area contributed by atoms with Gasteiger partial charge in [-0.25, -0.2) is 16.8 Å². The number of phenols is 2. The minimum atomic E-state index is -4.52. The monoisotopic (exact) mass is 502 g/mol. The van der Waals surface area contributed by atoms with Crippen molar-refractivity contribution in [3.8, 4) is 23.0 Å². The number of aromatic hydroxyl groups is 2. The number of hydrogen-bond donors (Lipinski definition) is 2. The van der Waals surface area contributed by atoms with E-state index >= 15 is 0 Å². The van der Waals surface area contributed by atoms with E-state index in [2.05, 4.69) is 9.47 Å². The quantitative estimate of drug-likeness (QED) is 0.299. The topological polar surface area (TPSA) is 205 Å². The Morgan fingerprint density at radius 2 is 1.00 bits per heavy atom. The predicted molar refractivity (Wildman–Crippen MR) is 88.9 cm³/mol. The van der Waals surface area contributed by atoms with Crippen LogP contribution in [0, 0.1) is 0 Å². The molecule has 0 spiro atoms. The van der Waals surface area contributed by atoms with Crippen LogP contribution in [-0.2, 0) is 20.2 Å². The van der Waals surface area contributed by atoms with Gasteiger partial charge in [-0.1, -0.05) is 0 Å². The molecule has 0 saturated heterocycles. The van der Waals surface area contributed by atoms with Crippen molar-refractivity contribution in [3.63, 3.8) is 0 Å². The van der Waals surface area contributed by atoms with Crippen molar-refractivity contribution in [2.45, 2.75) is 9.79 Å². The van der Waals surface area contributed by atoms with Gasteiger partial charge in [0.25, 0.3) is 0 Å². The van der Waals surface area contributed by atoms with Crippen molar-refractivity contribution in [1.29, 1.82) is 0 Å². The van der Waals surface area contributed by atoms with E-state index in [4.69, 9.17) is 10.2 Å². The minimum Gasteiger partial charge on any atom is -0.744 e. The molecule has 4 N–H and O–H groups in total.